The smallest absolute Gasteiger partial charge is 0.321 e. The molecule has 0 bridgehead atoms. The van der Waals surface area contributed by atoms with Crippen molar-refractivity contribution in [2.75, 3.05) is 26.2 Å². The number of rotatable bonds is 11. The fourth-order valence-corrected chi connectivity index (χ4v) is 2.41. The molecule has 0 fully saturated rings. The van der Waals surface area contributed by atoms with E-state index < -0.39 is 11.4 Å². The number of allylic oxidation sites excluding steroid dienone is 1. The van der Waals surface area contributed by atoms with Crippen molar-refractivity contribution in [3.05, 3.63) is 12.7 Å². The quantitative estimate of drug-likeness (QED) is 0.332. The Bertz CT molecular complexity index is 322. The summed E-state index contributed by atoms with van der Waals surface area (Å²) in [6.07, 6.45) is 3.94. The molecule has 0 heterocycles. The minimum atomic E-state index is -1.11. The molecule has 4 heteroatoms. The normalized spacial score (nSPS) is 13.8. The summed E-state index contributed by atoms with van der Waals surface area (Å²) >= 11 is 0. The molecule has 0 aromatic rings. The topological polar surface area (TPSA) is 46.6 Å². The van der Waals surface area contributed by atoms with Crippen LogP contribution in [-0.4, -0.2) is 42.9 Å². The fourth-order valence-electron chi connectivity index (χ4n) is 2.41. The minimum absolute atomic E-state index is 0.145. The maximum atomic E-state index is 12.3. The summed E-state index contributed by atoms with van der Waals surface area (Å²) in [4.78, 5) is 26.6. The lowest BCUT2D eigenvalue weighted by molar-refractivity contribution is -0.161. The van der Waals surface area contributed by atoms with Gasteiger partial charge in [0.25, 0.3) is 0 Å². The van der Waals surface area contributed by atoms with Crippen LogP contribution in [0.4, 0.5) is 0 Å². The first-order chi connectivity index (χ1) is 9.48. The number of ketones is 1. The molecule has 0 aliphatic carbocycles. The summed E-state index contributed by atoms with van der Waals surface area (Å²) in [7, 11) is 0. The van der Waals surface area contributed by atoms with Gasteiger partial charge in [-0.05, 0) is 46.2 Å². The van der Waals surface area contributed by atoms with E-state index in [0.717, 1.165) is 25.9 Å². The van der Waals surface area contributed by atoms with Gasteiger partial charge in [0.15, 0.2) is 0 Å². The number of ether oxygens (including phenoxy) is 1. The Morgan fingerprint density at radius 2 is 1.75 bits per heavy atom. The standard InChI is InChI=1S/C16H29NO3/c1-6-10-16(14(5)18,15(19)20-9-4)13-17(11-7-2)12-8-3/h6H,1,7-13H2,2-5H3. The Kier molecular flexibility index (Phi) is 9.14. The summed E-state index contributed by atoms with van der Waals surface area (Å²) in [6, 6.07) is 0. The zero-order valence-corrected chi connectivity index (χ0v) is 13.4. The minimum Gasteiger partial charge on any atom is -0.465 e. The molecule has 0 aromatic heterocycles. The molecule has 20 heavy (non-hydrogen) atoms. The molecule has 0 amide bonds. The van der Waals surface area contributed by atoms with Crippen molar-refractivity contribution in [2.45, 2.75) is 47.0 Å². The maximum absolute atomic E-state index is 12.3. The van der Waals surface area contributed by atoms with E-state index in [4.69, 9.17) is 4.74 Å². The molecule has 0 spiro atoms. The molecule has 1 atom stereocenters. The van der Waals surface area contributed by atoms with Gasteiger partial charge in [-0.3, -0.25) is 9.59 Å². The van der Waals surface area contributed by atoms with Crippen molar-refractivity contribution in [3.63, 3.8) is 0 Å². The van der Waals surface area contributed by atoms with Crippen LogP contribution in [0, 0.1) is 5.41 Å². The highest BCUT2D eigenvalue weighted by Crippen LogP contribution is 2.28. The summed E-state index contributed by atoms with van der Waals surface area (Å²) in [5.41, 5.74) is -1.11. The Balaban J connectivity index is 5.30. The van der Waals surface area contributed by atoms with Crippen LogP contribution in [0.25, 0.3) is 0 Å². The lowest BCUT2D eigenvalue weighted by atomic mass is 9.80. The number of carbonyl (C=O) groups is 2. The highest BCUT2D eigenvalue weighted by atomic mass is 16.5. The number of nitrogens with zero attached hydrogens (tertiary/aromatic N) is 1. The third kappa shape index (κ3) is 5.08. The van der Waals surface area contributed by atoms with Crippen LogP contribution in [0.5, 0.6) is 0 Å². The largest absolute Gasteiger partial charge is 0.465 e. The van der Waals surface area contributed by atoms with Gasteiger partial charge < -0.3 is 9.64 Å². The van der Waals surface area contributed by atoms with E-state index in [1.807, 2.05) is 0 Å². The first-order valence-electron chi connectivity index (χ1n) is 7.49. The molecule has 0 radical (unpaired) electrons. The van der Waals surface area contributed by atoms with Gasteiger partial charge in [-0.2, -0.15) is 0 Å². The average molecular weight is 283 g/mol. The molecular formula is C16H29NO3. The van der Waals surface area contributed by atoms with Crippen molar-refractivity contribution < 1.29 is 14.3 Å². The average Bonchev–Trinajstić information content (AvgIpc) is 2.38. The molecule has 0 N–H and O–H groups in total. The van der Waals surface area contributed by atoms with Gasteiger partial charge in [0, 0.05) is 6.54 Å². The molecule has 0 aromatic carbocycles. The van der Waals surface area contributed by atoms with E-state index in [0.29, 0.717) is 13.0 Å². The molecule has 0 saturated carbocycles. The highest BCUT2D eigenvalue weighted by Gasteiger charge is 2.44. The van der Waals surface area contributed by atoms with E-state index >= 15 is 0 Å². The number of hydrogen-bond donors (Lipinski definition) is 0. The third-order valence-corrected chi connectivity index (χ3v) is 3.41. The van der Waals surface area contributed by atoms with Crippen molar-refractivity contribution in [3.8, 4) is 0 Å². The van der Waals surface area contributed by atoms with Crippen LogP contribution in [0.3, 0.4) is 0 Å². The SMILES string of the molecule is C=CCC(CN(CCC)CCC)(C(C)=O)C(=O)OCC. The van der Waals surface area contributed by atoms with Crippen LogP contribution < -0.4 is 0 Å². The van der Waals surface area contributed by atoms with E-state index in [2.05, 4.69) is 25.3 Å². The van der Waals surface area contributed by atoms with E-state index in [1.54, 1.807) is 13.0 Å². The van der Waals surface area contributed by atoms with Gasteiger partial charge in [-0.15, -0.1) is 6.58 Å². The second-order valence-corrected chi connectivity index (χ2v) is 5.13. The third-order valence-electron chi connectivity index (χ3n) is 3.41. The van der Waals surface area contributed by atoms with Crippen LogP contribution in [0.15, 0.2) is 12.7 Å². The van der Waals surface area contributed by atoms with Crippen LogP contribution in [0.1, 0.15) is 47.0 Å². The monoisotopic (exact) mass is 283 g/mol. The fraction of sp³-hybridized carbons (Fsp3) is 0.750. The maximum Gasteiger partial charge on any atom is 0.321 e. The second-order valence-electron chi connectivity index (χ2n) is 5.13. The molecule has 116 valence electrons. The molecule has 0 rings (SSSR count). The summed E-state index contributed by atoms with van der Waals surface area (Å²) in [5.74, 6) is -0.572. The zero-order valence-electron chi connectivity index (χ0n) is 13.4. The van der Waals surface area contributed by atoms with Crippen molar-refractivity contribution in [1.82, 2.24) is 4.90 Å². The number of carbonyl (C=O) groups excluding carboxylic acids is 2. The molecule has 0 aliphatic heterocycles. The number of Topliss-reactive ketones (excluding diaryl/α,β-unsaturated/α-hetero) is 1. The van der Waals surface area contributed by atoms with E-state index in [9.17, 15) is 9.59 Å². The van der Waals surface area contributed by atoms with Gasteiger partial charge in [-0.1, -0.05) is 19.9 Å². The van der Waals surface area contributed by atoms with Crippen molar-refractivity contribution in [1.29, 1.82) is 0 Å². The van der Waals surface area contributed by atoms with E-state index in [-0.39, 0.29) is 12.4 Å². The molecule has 1 unspecified atom stereocenters. The highest BCUT2D eigenvalue weighted by molar-refractivity contribution is 6.03. The van der Waals surface area contributed by atoms with E-state index in [1.165, 1.54) is 6.92 Å². The number of esters is 1. The summed E-state index contributed by atoms with van der Waals surface area (Å²) < 4.78 is 5.14. The van der Waals surface area contributed by atoms with Crippen molar-refractivity contribution >= 4 is 11.8 Å². The van der Waals surface area contributed by atoms with Crippen molar-refractivity contribution in [2.24, 2.45) is 5.41 Å². The van der Waals surface area contributed by atoms with Gasteiger partial charge >= 0.3 is 5.97 Å². The first kappa shape index (κ1) is 18.8. The van der Waals surface area contributed by atoms with Gasteiger partial charge in [0.2, 0.25) is 0 Å². The molecule has 0 aliphatic rings. The zero-order chi connectivity index (χ0) is 15.6. The predicted octanol–water partition coefficient (Wildman–Crippen LogP) is 2.82. The molecular weight excluding hydrogens is 254 g/mol. The van der Waals surface area contributed by atoms with Crippen LogP contribution >= 0.6 is 0 Å². The predicted molar refractivity (Wildman–Crippen MR) is 81.6 cm³/mol. The number of hydrogen-bond acceptors (Lipinski definition) is 4. The van der Waals surface area contributed by atoms with Crippen LogP contribution in [0.2, 0.25) is 0 Å². The Hall–Kier alpha value is -1.16. The first-order valence-corrected chi connectivity index (χ1v) is 7.49. The molecule has 4 nitrogen and oxygen atoms in total. The Labute approximate surface area is 123 Å². The van der Waals surface area contributed by atoms with Gasteiger partial charge in [0.1, 0.15) is 11.2 Å². The lowest BCUT2D eigenvalue weighted by Crippen LogP contribution is -2.49. The Morgan fingerprint density at radius 1 is 1.20 bits per heavy atom. The lowest BCUT2D eigenvalue weighted by Gasteiger charge is -2.33. The second kappa shape index (κ2) is 9.70. The van der Waals surface area contributed by atoms with Gasteiger partial charge in [0.05, 0.1) is 6.61 Å². The summed E-state index contributed by atoms with van der Waals surface area (Å²) in [6.45, 7) is 13.5. The Morgan fingerprint density at radius 3 is 2.10 bits per heavy atom. The van der Waals surface area contributed by atoms with Gasteiger partial charge in [-0.25, -0.2) is 0 Å². The van der Waals surface area contributed by atoms with Crippen LogP contribution in [-0.2, 0) is 14.3 Å². The molecule has 0 saturated heterocycles. The summed E-state index contributed by atoms with van der Waals surface area (Å²) in [5, 5.41) is 0.